The molecule has 7 nitrogen and oxygen atoms in total. The molecule has 0 aliphatic rings. The number of para-hydroxylation sites is 1. The first kappa shape index (κ1) is 23.4. The first-order valence-electron chi connectivity index (χ1n) is 9.53. The minimum Gasteiger partial charge on any atom is -0.360 e. The number of hydrogen-bond donors (Lipinski definition) is 3. The molecule has 0 radical (unpaired) electrons. The summed E-state index contributed by atoms with van der Waals surface area (Å²) in [6.45, 7) is 7.87. The van der Waals surface area contributed by atoms with E-state index in [0.717, 1.165) is 41.8 Å². The fourth-order valence-electron chi connectivity index (χ4n) is 3.20. The van der Waals surface area contributed by atoms with Gasteiger partial charge in [-0.25, -0.2) is 4.98 Å². The van der Waals surface area contributed by atoms with Gasteiger partial charge in [0, 0.05) is 38.9 Å². The van der Waals surface area contributed by atoms with Crippen LogP contribution in [-0.4, -0.2) is 46.9 Å². The van der Waals surface area contributed by atoms with Gasteiger partial charge in [0.15, 0.2) is 11.1 Å². The van der Waals surface area contributed by atoms with Crippen LogP contribution in [0.25, 0.3) is 10.2 Å². The molecule has 3 rings (SSSR count). The number of fused-ring (bicyclic) bond motifs is 1. The van der Waals surface area contributed by atoms with Crippen LogP contribution in [0.2, 0.25) is 0 Å². The molecule has 0 bridgehead atoms. The van der Waals surface area contributed by atoms with Crippen molar-refractivity contribution in [2.75, 3.05) is 25.5 Å². The van der Waals surface area contributed by atoms with Gasteiger partial charge in [0.2, 0.25) is 0 Å². The molecule has 3 N–H and O–H groups in total. The summed E-state index contributed by atoms with van der Waals surface area (Å²) in [6.07, 6.45) is 0.913. The Labute approximate surface area is 193 Å². The molecule has 9 heteroatoms. The van der Waals surface area contributed by atoms with E-state index in [1.807, 2.05) is 29.9 Å². The zero-order valence-corrected chi connectivity index (χ0v) is 20.8. The van der Waals surface area contributed by atoms with Crippen LogP contribution in [0.1, 0.15) is 23.9 Å². The minimum absolute atomic E-state index is 0. The average molecular weight is 527 g/mol. The first-order valence-corrected chi connectivity index (χ1v) is 10.3. The van der Waals surface area contributed by atoms with E-state index in [9.17, 15) is 0 Å². The Morgan fingerprint density at radius 1 is 1.24 bits per heavy atom. The predicted octanol–water partition coefficient (Wildman–Crippen LogP) is 3.47. The van der Waals surface area contributed by atoms with Gasteiger partial charge in [-0.3, -0.25) is 9.67 Å². The molecule has 1 aromatic carbocycles. The van der Waals surface area contributed by atoms with Crippen LogP contribution in [0.15, 0.2) is 29.3 Å². The summed E-state index contributed by atoms with van der Waals surface area (Å²) in [5.41, 5.74) is 4.65. The van der Waals surface area contributed by atoms with E-state index in [1.54, 1.807) is 18.4 Å². The lowest BCUT2D eigenvalue weighted by Crippen LogP contribution is -2.44. The van der Waals surface area contributed by atoms with Crippen molar-refractivity contribution in [2.24, 2.45) is 12.0 Å². The molecule has 0 aliphatic carbocycles. The zero-order valence-electron chi connectivity index (χ0n) is 17.6. The number of hydrogen-bond acceptors (Lipinski definition) is 5. The summed E-state index contributed by atoms with van der Waals surface area (Å²) >= 11 is 1.67. The third-order valence-corrected chi connectivity index (χ3v) is 5.76. The van der Waals surface area contributed by atoms with E-state index in [2.05, 4.69) is 57.9 Å². The number of nitrogens with zero attached hydrogens (tertiary/aromatic N) is 4. The van der Waals surface area contributed by atoms with Gasteiger partial charge in [0.25, 0.3) is 0 Å². The monoisotopic (exact) mass is 527 g/mol. The zero-order chi connectivity index (χ0) is 20.1. The van der Waals surface area contributed by atoms with Crippen LogP contribution < -0.4 is 16.0 Å². The second-order valence-electron chi connectivity index (χ2n) is 6.93. The Morgan fingerprint density at radius 3 is 2.66 bits per heavy atom. The van der Waals surface area contributed by atoms with Gasteiger partial charge in [-0.2, -0.15) is 5.10 Å². The highest BCUT2D eigenvalue weighted by molar-refractivity contribution is 14.0. The summed E-state index contributed by atoms with van der Waals surface area (Å²) in [5.74, 6) is 0.804. The van der Waals surface area contributed by atoms with E-state index in [4.69, 9.17) is 0 Å². The molecule has 0 fully saturated rings. The average Bonchev–Trinajstić information content (AvgIpc) is 3.19. The van der Waals surface area contributed by atoms with Gasteiger partial charge in [0.1, 0.15) is 0 Å². The summed E-state index contributed by atoms with van der Waals surface area (Å²) < 4.78 is 3.14. The van der Waals surface area contributed by atoms with Crippen molar-refractivity contribution in [3.8, 4) is 0 Å². The standard InChI is InChI=1S/C20H29N7S.HI/c1-13(12-16-14(2)26-27(5)15(16)3)24-19(21-4)22-10-11-23-20-25-17-8-6-7-9-18(17)28-20;/h6-9,13H,10-12H2,1-5H3,(H,23,25)(H2,21,22,24);1H. The number of nitrogens with one attached hydrogen (secondary N) is 3. The van der Waals surface area contributed by atoms with Crippen molar-refractivity contribution in [2.45, 2.75) is 33.2 Å². The summed E-state index contributed by atoms with van der Waals surface area (Å²) in [5, 5.41) is 15.6. The molecule has 1 unspecified atom stereocenters. The number of anilines is 1. The maximum absolute atomic E-state index is 4.59. The molecule has 3 aromatic rings. The molecule has 0 amide bonds. The van der Waals surface area contributed by atoms with E-state index in [1.165, 1.54) is 16.0 Å². The molecule has 2 aromatic heterocycles. The van der Waals surface area contributed by atoms with Gasteiger partial charge in [-0.15, -0.1) is 24.0 Å². The summed E-state index contributed by atoms with van der Waals surface area (Å²) in [6, 6.07) is 8.43. The second-order valence-corrected chi connectivity index (χ2v) is 7.97. The molecule has 0 saturated carbocycles. The lowest BCUT2D eigenvalue weighted by molar-refractivity contribution is 0.637. The Bertz CT molecular complexity index is 930. The molecular weight excluding hydrogens is 497 g/mol. The first-order chi connectivity index (χ1) is 13.5. The normalized spacial score (nSPS) is 12.5. The topological polar surface area (TPSA) is 79.2 Å². The number of benzene rings is 1. The van der Waals surface area contributed by atoms with Crippen molar-refractivity contribution in [1.82, 2.24) is 25.4 Å². The third kappa shape index (κ3) is 6.05. The van der Waals surface area contributed by atoms with Crippen molar-refractivity contribution < 1.29 is 0 Å². The predicted molar refractivity (Wildman–Crippen MR) is 134 cm³/mol. The van der Waals surface area contributed by atoms with Crippen LogP contribution in [-0.2, 0) is 13.5 Å². The lowest BCUT2D eigenvalue weighted by Gasteiger charge is -2.18. The molecular formula is C20H30IN7S. The number of rotatable bonds is 7. The summed E-state index contributed by atoms with van der Waals surface area (Å²) in [4.78, 5) is 8.92. The lowest BCUT2D eigenvalue weighted by atomic mass is 10.1. The fourth-order valence-corrected chi connectivity index (χ4v) is 4.09. The molecule has 158 valence electrons. The molecule has 0 spiro atoms. The van der Waals surface area contributed by atoms with Gasteiger partial charge in [-0.05, 0) is 44.9 Å². The number of aliphatic imine (C=N–C) groups is 1. The maximum Gasteiger partial charge on any atom is 0.191 e. The molecule has 1 atom stereocenters. The van der Waals surface area contributed by atoms with Crippen molar-refractivity contribution >= 4 is 56.6 Å². The highest BCUT2D eigenvalue weighted by Crippen LogP contribution is 2.24. The molecule has 0 saturated heterocycles. The quantitative estimate of drug-likeness (QED) is 0.190. The van der Waals surface area contributed by atoms with Crippen LogP contribution in [0, 0.1) is 13.8 Å². The Kier molecular flexibility index (Phi) is 8.69. The maximum atomic E-state index is 4.59. The van der Waals surface area contributed by atoms with Gasteiger partial charge in [-0.1, -0.05) is 23.5 Å². The Balaban J connectivity index is 0.00000300. The number of thiazole rings is 1. The van der Waals surface area contributed by atoms with E-state index in [-0.39, 0.29) is 30.0 Å². The van der Waals surface area contributed by atoms with E-state index < -0.39 is 0 Å². The number of aryl methyl sites for hydroxylation is 2. The Hall–Kier alpha value is -1.88. The fraction of sp³-hybridized carbons (Fsp3) is 0.450. The number of aromatic nitrogens is 3. The molecule has 29 heavy (non-hydrogen) atoms. The minimum atomic E-state index is 0. The van der Waals surface area contributed by atoms with Crippen LogP contribution in [0.5, 0.6) is 0 Å². The van der Waals surface area contributed by atoms with Crippen molar-refractivity contribution in [3.63, 3.8) is 0 Å². The van der Waals surface area contributed by atoms with Gasteiger partial charge < -0.3 is 16.0 Å². The Morgan fingerprint density at radius 2 is 2.00 bits per heavy atom. The highest BCUT2D eigenvalue weighted by Gasteiger charge is 2.14. The highest BCUT2D eigenvalue weighted by atomic mass is 127. The van der Waals surface area contributed by atoms with Crippen LogP contribution in [0.3, 0.4) is 0 Å². The van der Waals surface area contributed by atoms with Crippen molar-refractivity contribution in [3.05, 3.63) is 41.2 Å². The smallest absolute Gasteiger partial charge is 0.191 e. The number of guanidine groups is 1. The van der Waals surface area contributed by atoms with Crippen molar-refractivity contribution in [1.29, 1.82) is 0 Å². The SMILES string of the molecule is CN=C(NCCNc1nc2ccccc2s1)NC(C)Cc1c(C)nn(C)c1C.I. The van der Waals surface area contributed by atoms with E-state index in [0.29, 0.717) is 0 Å². The third-order valence-electron chi connectivity index (χ3n) is 4.76. The largest absolute Gasteiger partial charge is 0.360 e. The second kappa shape index (κ2) is 10.8. The van der Waals surface area contributed by atoms with Gasteiger partial charge in [0.05, 0.1) is 15.9 Å². The van der Waals surface area contributed by atoms with E-state index >= 15 is 0 Å². The molecule has 2 heterocycles. The van der Waals surface area contributed by atoms with Crippen LogP contribution in [0.4, 0.5) is 5.13 Å². The molecule has 0 aliphatic heterocycles. The van der Waals surface area contributed by atoms with Gasteiger partial charge >= 0.3 is 0 Å². The number of halogens is 1. The van der Waals surface area contributed by atoms with Crippen LogP contribution >= 0.6 is 35.3 Å². The summed E-state index contributed by atoms with van der Waals surface area (Å²) in [7, 11) is 3.78.